The van der Waals surface area contributed by atoms with Gasteiger partial charge in [-0.3, -0.25) is 9.59 Å². The van der Waals surface area contributed by atoms with Crippen molar-refractivity contribution in [2.24, 2.45) is 0 Å². The first-order valence-corrected chi connectivity index (χ1v) is 11.3. The number of amides is 2. The van der Waals surface area contributed by atoms with Gasteiger partial charge in [-0.25, -0.2) is 9.07 Å². The molecule has 0 saturated heterocycles. The van der Waals surface area contributed by atoms with Crippen LogP contribution in [0.2, 0.25) is 0 Å². The molecule has 2 aromatic carbocycles. The summed E-state index contributed by atoms with van der Waals surface area (Å²) in [6.45, 7) is -5.08. The Labute approximate surface area is 217 Å². The van der Waals surface area contributed by atoms with Crippen molar-refractivity contribution >= 4 is 17.6 Å². The molecule has 0 aliphatic carbocycles. The first-order chi connectivity index (χ1) is 18.3. The molecule has 0 saturated carbocycles. The van der Waals surface area contributed by atoms with Gasteiger partial charge in [0.2, 0.25) is 0 Å². The van der Waals surface area contributed by atoms with E-state index >= 15 is 0 Å². The molecular weight excluding hydrogens is 536 g/mol. The number of aromatic nitrogens is 2. The van der Waals surface area contributed by atoms with Gasteiger partial charge < -0.3 is 25.8 Å². The highest BCUT2D eigenvalue weighted by atomic mass is 19.4. The van der Waals surface area contributed by atoms with Gasteiger partial charge in [-0.2, -0.15) is 27.1 Å². The molecule has 0 aliphatic rings. The van der Waals surface area contributed by atoms with Gasteiger partial charge in [0.05, 0.1) is 30.5 Å². The number of carbonyl (C=O) groups excluding carboxylic acids is 2. The average Bonchev–Trinajstić information content (AvgIpc) is 3.26. The van der Waals surface area contributed by atoms with Gasteiger partial charge in [0.1, 0.15) is 22.9 Å². The van der Waals surface area contributed by atoms with Gasteiger partial charge in [0.15, 0.2) is 5.60 Å². The van der Waals surface area contributed by atoms with Crippen LogP contribution in [0.1, 0.15) is 27.6 Å². The molecule has 2 amide bonds. The number of halogens is 6. The van der Waals surface area contributed by atoms with E-state index in [-0.39, 0.29) is 23.6 Å². The molecule has 3 aromatic rings. The monoisotopic (exact) mass is 559 g/mol. The Kier molecular flexibility index (Phi) is 8.74. The van der Waals surface area contributed by atoms with Crippen LogP contribution in [-0.4, -0.2) is 69.6 Å². The fourth-order valence-corrected chi connectivity index (χ4v) is 3.54. The number of carbonyl (C=O) groups is 2. The summed E-state index contributed by atoms with van der Waals surface area (Å²) >= 11 is 0. The second kappa shape index (κ2) is 11.6. The van der Waals surface area contributed by atoms with Crippen LogP contribution in [0.3, 0.4) is 0 Å². The fraction of sp³-hybridized carbons (Fsp3) is 0.292. The number of nitrogens with zero attached hydrogens (tertiary/aromatic N) is 3. The first kappa shape index (κ1) is 29.3. The smallest absolute Gasteiger partial charge is 0.420 e. The molecule has 0 bridgehead atoms. The van der Waals surface area contributed by atoms with Gasteiger partial charge in [0.25, 0.3) is 11.8 Å². The van der Waals surface area contributed by atoms with E-state index in [9.17, 15) is 41.0 Å². The third-order valence-corrected chi connectivity index (χ3v) is 5.65. The molecule has 39 heavy (non-hydrogen) atoms. The van der Waals surface area contributed by atoms with E-state index in [1.807, 2.05) is 5.32 Å². The van der Waals surface area contributed by atoms with Crippen LogP contribution >= 0.6 is 0 Å². The molecule has 1 heterocycles. The molecule has 15 heteroatoms. The van der Waals surface area contributed by atoms with Gasteiger partial charge in [-0.1, -0.05) is 12.1 Å². The molecule has 0 fully saturated rings. The van der Waals surface area contributed by atoms with Crippen LogP contribution in [0.4, 0.5) is 32.2 Å². The van der Waals surface area contributed by atoms with E-state index in [2.05, 4.69) is 9.84 Å². The second-order valence-electron chi connectivity index (χ2n) is 8.24. The molecule has 3 rings (SSSR count). The summed E-state index contributed by atoms with van der Waals surface area (Å²) in [5.74, 6) is -3.61. The van der Waals surface area contributed by atoms with E-state index in [0.717, 1.165) is 35.1 Å². The van der Waals surface area contributed by atoms with E-state index in [1.165, 1.54) is 31.2 Å². The van der Waals surface area contributed by atoms with Crippen LogP contribution < -0.4 is 15.8 Å². The summed E-state index contributed by atoms with van der Waals surface area (Å²) in [7, 11) is 0. The van der Waals surface area contributed by atoms with Crippen molar-refractivity contribution in [1.29, 1.82) is 0 Å². The van der Waals surface area contributed by atoms with Crippen molar-refractivity contribution in [2.75, 3.05) is 25.4 Å². The largest absolute Gasteiger partial charge is 0.434 e. The number of ether oxygens (including phenoxy) is 1. The Morgan fingerprint density at radius 1 is 1.13 bits per heavy atom. The standard InChI is InChI=1S/C24H23F6N5O4/c1-2-34(21(37)16-5-3-4-6-18(16)39-22(26)27)13-23(38,24(28,29)30)12-32-20(36)17-11-33-35(19(17)31)15-9-7-14(25)8-10-15/h3-11,22,38H,2,12-13,31H2,1H3,(H,32,36). The zero-order valence-electron chi connectivity index (χ0n) is 20.3. The number of nitrogen functional groups attached to an aromatic ring is 1. The van der Waals surface area contributed by atoms with Gasteiger partial charge in [-0.05, 0) is 43.3 Å². The highest BCUT2D eigenvalue weighted by Crippen LogP contribution is 2.32. The van der Waals surface area contributed by atoms with Crippen LogP contribution in [0, 0.1) is 5.82 Å². The molecule has 0 radical (unpaired) electrons. The number of nitrogens with two attached hydrogens (primary N) is 1. The average molecular weight is 559 g/mol. The summed E-state index contributed by atoms with van der Waals surface area (Å²) in [6.07, 6.45) is -4.36. The number of benzene rings is 2. The van der Waals surface area contributed by atoms with Crippen molar-refractivity contribution in [3.8, 4) is 11.4 Å². The van der Waals surface area contributed by atoms with Crippen molar-refractivity contribution < 1.29 is 45.8 Å². The Balaban J connectivity index is 1.80. The molecule has 0 aliphatic heterocycles. The minimum Gasteiger partial charge on any atom is -0.434 e. The van der Waals surface area contributed by atoms with Crippen LogP contribution in [0.5, 0.6) is 5.75 Å². The van der Waals surface area contributed by atoms with Crippen LogP contribution in [0.25, 0.3) is 5.69 Å². The zero-order chi connectivity index (χ0) is 29.0. The lowest BCUT2D eigenvalue weighted by atomic mass is 10.0. The lowest BCUT2D eigenvalue weighted by molar-refractivity contribution is -0.259. The van der Waals surface area contributed by atoms with E-state index in [0.29, 0.717) is 4.90 Å². The Hall–Kier alpha value is -4.27. The number of hydrogen-bond donors (Lipinski definition) is 3. The number of nitrogens with one attached hydrogen (secondary N) is 1. The lowest BCUT2D eigenvalue weighted by Gasteiger charge is -2.35. The number of hydrogen-bond acceptors (Lipinski definition) is 6. The number of alkyl halides is 5. The molecule has 1 aromatic heterocycles. The maximum Gasteiger partial charge on any atom is 0.420 e. The molecular formula is C24H23F6N5O4. The second-order valence-corrected chi connectivity index (χ2v) is 8.24. The lowest BCUT2D eigenvalue weighted by Crippen LogP contribution is -2.60. The van der Waals surface area contributed by atoms with Crippen molar-refractivity contribution in [3.05, 3.63) is 71.7 Å². The zero-order valence-corrected chi connectivity index (χ0v) is 20.3. The number of rotatable bonds is 10. The summed E-state index contributed by atoms with van der Waals surface area (Å²) in [6, 6.07) is 9.55. The summed E-state index contributed by atoms with van der Waals surface area (Å²) in [5, 5.41) is 16.4. The van der Waals surface area contributed by atoms with E-state index < -0.39 is 60.4 Å². The van der Waals surface area contributed by atoms with Crippen molar-refractivity contribution in [3.63, 3.8) is 0 Å². The normalized spacial score (nSPS) is 13.2. The predicted octanol–water partition coefficient (Wildman–Crippen LogP) is 3.38. The number of aliphatic hydroxyl groups is 1. The van der Waals surface area contributed by atoms with Crippen LogP contribution in [-0.2, 0) is 0 Å². The maximum atomic E-state index is 14.0. The third-order valence-electron chi connectivity index (χ3n) is 5.65. The Morgan fingerprint density at radius 2 is 1.77 bits per heavy atom. The highest BCUT2D eigenvalue weighted by Gasteiger charge is 2.55. The highest BCUT2D eigenvalue weighted by molar-refractivity contribution is 5.98. The van der Waals surface area contributed by atoms with E-state index in [4.69, 9.17) is 5.73 Å². The minimum absolute atomic E-state index is 0.268. The molecule has 1 unspecified atom stereocenters. The third kappa shape index (κ3) is 6.60. The summed E-state index contributed by atoms with van der Waals surface area (Å²) in [4.78, 5) is 26.2. The summed E-state index contributed by atoms with van der Waals surface area (Å²) in [5.41, 5.74) is 1.75. The number of anilines is 1. The van der Waals surface area contributed by atoms with Gasteiger partial charge >= 0.3 is 12.8 Å². The SMILES string of the molecule is CCN(CC(O)(CNC(=O)c1cnn(-c2ccc(F)cc2)c1N)C(F)(F)F)C(=O)c1ccccc1OC(F)F. The molecule has 1 atom stereocenters. The van der Waals surface area contributed by atoms with E-state index in [1.54, 1.807) is 0 Å². The molecule has 4 N–H and O–H groups in total. The molecule has 9 nitrogen and oxygen atoms in total. The Bertz CT molecular complexity index is 1320. The molecule has 210 valence electrons. The van der Waals surface area contributed by atoms with Crippen molar-refractivity contribution in [1.82, 2.24) is 20.0 Å². The van der Waals surface area contributed by atoms with Gasteiger partial charge in [0, 0.05) is 6.54 Å². The minimum atomic E-state index is -5.34. The number of para-hydroxylation sites is 1. The fourth-order valence-electron chi connectivity index (χ4n) is 3.54. The van der Waals surface area contributed by atoms with Crippen molar-refractivity contribution in [2.45, 2.75) is 25.3 Å². The van der Waals surface area contributed by atoms with Gasteiger partial charge in [-0.15, -0.1) is 0 Å². The number of likely N-dealkylation sites (N-methyl/N-ethyl adjacent to an activating group) is 1. The quantitative estimate of drug-likeness (QED) is 0.328. The summed E-state index contributed by atoms with van der Waals surface area (Å²) < 4.78 is 85.9. The first-order valence-electron chi connectivity index (χ1n) is 11.3. The predicted molar refractivity (Wildman–Crippen MR) is 126 cm³/mol. The molecule has 0 spiro atoms. The maximum absolute atomic E-state index is 14.0. The van der Waals surface area contributed by atoms with Crippen LogP contribution in [0.15, 0.2) is 54.7 Å². The Morgan fingerprint density at radius 3 is 2.36 bits per heavy atom. The topological polar surface area (TPSA) is 123 Å².